The molecular weight excluding hydrogens is 550 g/mol. The molecule has 45 heavy (non-hydrogen) atoms. The lowest BCUT2D eigenvalue weighted by atomic mass is 9.95. The summed E-state index contributed by atoms with van der Waals surface area (Å²) in [7, 11) is 0. The minimum Gasteiger partial charge on any atom is -0.456 e. The van der Waals surface area contributed by atoms with Crippen molar-refractivity contribution in [3.63, 3.8) is 0 Å². The average Bonchev–Trinajstić information content (AvgIpc) is 3.49. The van der Waals surface area contributed by atoms with E-state index in [1.807, 2.05) is 54.6 Å². The van der Waals surface area contributed by atoms with E-state index in [1.54, 1.807) is 0 Å². The molecule has 0 aliphatic heterocycles. The minimum absolute atomic E-state index is 0.603. The zero-order valence-electron chi connectivity index (χ0n) is 24.2. The number of para-hydroxylation sites is 1. The van der Waals surface area contributed by atoms with E-state index in [1.165, 1.54) is 27.3 Å². The van der Waals surface area contributed by atoms with Crippen LogP contribution in [0.4, 0.5) is 0 Å². The number of rotatable bonds is 4. The van der Waals surface area contributed by atoms with Crippen LogP contribution in [0, 0.1) is 0 Å². The van der Waals surface area contributed by atoms with Gasteiger partial charge in [-0.2, -0.15) is 0 Å². The molecule has 0 aliphatic rings. The van der Waals surface area contributed by atoms with Crippen molar-refractivity contribution in [3.05, 3.63) is 152 Å². The smallest absolute Gasteiger partial charge is 0.164 e. The van der Waals surface area contributed by atoms with Gasteiger partial charge in [-0.15, -0.1) is 0 Å². The van der Waals surface area contributed by atoms with Crippen LogP contribution in [-0.2, 0) is 0 Å². The highest BCUT2D eigenvalue weighted by Gasteiger charge is 2.15. The molecular formula is C41H25N3O. The zero-order valence-corrected chi connectivity index (χ0v) is 24.2. The summed E-state index contributed by atoms with van der Waals surface area (Å²) in [6.07, 6.45) is 0. The topological polar surface area (TPSA) is 51.8 Å². The molecule has 0 aliphatic carbocycles. The van der Waals surface area contributed by atoms with E-state index < -0.39 is 0 Å². The number of hydrogen-bond donors (Lipinski definition) is 0. The lowest BCUT2D eigenvalue weighted by Gasteiger charge is -2.11. The number of aromatic nitrogens is 3. The van der Waals surface area contributed by atoms with Crippen molar-refractivity contribution in [1.29, 1.82) is 0 Å². The van der Waals surface area contributed by atoms with Crippen LogP contribution in [-0.4, -0.2) is 15.0 Å². The molecule has 210 valence electrons. The van der Waals surface area contributed by atoms with Gasteiger partial charge in [-0.05, 0) is 63.0 Å². The second-order valence-electron chi connectivity index (χ2n) is 11.3. The van der Waals surface area contributed by atoms with E-state index in [0.29, 0.717) is 17.5 Å². The van der Waals surface area contributed by atoms with Crippen LogP contribution >= 0.6 is 0 Å². The molecule has 7 aromatic carbocycles. The fraction of sp³-hybridized carbons (Fsp3) is 0. The standard InChI is InChI=1S/C41H25N3O/c1-2-10-27(11-3-1)39-42-40(44-41(43-39)32-20-22-36-35-14-6-7-16-37(35)45-38(36)25-32)31-19-21-34-29(24-31)13-8-15-33(34)30-18-17-26-9-4-5-12-28(26)23-30/h1-25H. The third-order valence-electron chi connectivity index (χ3n) is 8.50. The Hall–Kier alpha value is -6.13. The van der Waals surface area contributed by atoms with Crippen molar-refractivity contribution < 1.29 is 4.42 Å². The van der Waals surface area contributed by atoms with Gasteiger partial charge in [0.2, 0.25) is 0 Å². The van der Waals surface area contributed by atoms with Gasteiger partial charge < -0.3 is 4.42 Å². The first-order chi connectivity index (χ1) is 22.3. The average molecular weight is 576 g/mol. The molecule has 0 fully saturated rings. The Labute approximate surface area is 259 Å². The number of benzene rings is 7. The van der Waals surface area contributed by atoms with Gasteiger partial charge in [-0.25, -0.2) is 15.0 Å². The first kappa shape index (κ1) is 25.4. The van der Waals surface area contributed by atoms with E-state index in [0.717, 1.165) is 44.0 Å². The Balaban J connectivity index is 1.19. The molecule has 0 amide bonds. The quantitative estimate of drug-likeness (QED) is 0.209. The van der Waals surface area contributed by atoms with Crippen molar-refractivity contribution in [2.45, 2.75) is 0 Å². The van der Waals surface area contributed by atoms with Gasteiger partial charge in [0.1, 0.15) is 11.2 Å². The summed E-state index contributed by atoms with van der Waals surface area (Å²) in [5.74, 6) is 1.86. The summed E-state index contributed by atoms with van der Waals surface area (Å²) in [6.45, 7) is 0. The highest BCUT2D eigenvalue weighted by Crippen LogP contribution is 2.35. The lowest BCUT2D eigenvalue weighted by molar-refractivity contribution is 0.669. The van der Waals surface area contributed by atoms with Crippen molar-refractivity contribution in [2.24, 2.45) is 0 Å². The van der Waals surface area contributed by atoms with Crippen molar-refractivity contribution in [1.82, 2.24) is 15.0 Å². The predicted octanol–water partition coefficient (Wildman–Crippen LogP) is 10.7. The van der Waals surface area contributed by atoms with Gasteiger partial charge in [-0.3, -0.25) is 0 Å². The molecule has 0 saturated carbocycles. The summed E-state index contributed by atoms with van der Waals surface area (Å²) in [5.41, 5.74) is 6.82. The van der Waals surface area contributed by atoms with Gasteiger partial charge in [0.05, 0.1) is 0 Å². The van der Waals surface area contributed by atoms with E-state index in [9.17, 15) is 0 Å². The van der Waals surface area contributed by atoms with Crippen LogP contribution in [0.3, 0.4) is 0 Å². The normalized spacial score (nSPS) is 11.6. The molecule has 0 saturated heterocycles. The van der Waals surface area contributed by atoms with Crippen LogP contribution in [0.25, 0.3) is 88.8 Å². The van der Waals surface area contributed by atoms with Crippen molar-refractivity contribution in [2.75, 3.05) is 0 Å². The molecule has 0 spiro atoms. The van der Waals surface area contributed by atoms with Crippen LogP contribution in [0.1, 0.15) is 0 Å². The highest BCUT2D eigenvalue weighted by atomic mass is 16.3. The third kappa shape index (κ3) is 4.43. The molecule has 0 unspecified atom stereocenters. The van der Waals surface area contributed by atoms with Crippen LogP contribution in [0.5, 0.6) is 0 Å². The van der Waals surface area contributed by atoms with Gasteiger partial charge in [0.15, 0.2) is 17.5 Å². The Kier molecular flexibility index (Phi) is 5.78. The molecule has 0 atom stereocenters. The molecule has 4 nitrogen and oxygen atoms in total. The molecule has 0 bridgehead atoms. The molecule has 0 radical (unpaired) electrons. The fourth-order valence-electron chi connectivity index (χ4n) is 6.25. The molecule has 4 heteroatoms. The first-order valence-corrected chi connectivity index (χ1v) is 15.0. The molecule has 0 N–H and O–H groups in total. The molecule has 9 rings (SSSR count). The Morgan fingerprint density at radius 3 is 1.78 bits per heavy atom. The molecule has 2 aromatic heterocycles. The Morgan fingerprint density at radius 1 is 0.333 bits per heavy atom. The van der Waals surface area contributed by atoms with E-state index >= 15 is 0 Å². The summed E-state index contributed by atoms with van der Waals surface area (Å²) >= 11 is 0. The van der Waals surface area contributed by atoms with Gasteiger partial charge >= 0.3 is 0 Å². The molecule has 9 aromatic rings. The largest absolute Gasteiger partial charge is 0.456 e. The second kappa shape index (κ2) is 10.2. The van der Waals surface area contributed by atoms with Crippen LogP contribution in [0.15, 0.2) is 156 Å². The number of furan rings is 1. The Bertz CT molecular complexity index is 2550. The summed E-state index contributed by atoms with van der Waals surface area (Å²) < 4.78 is 6.19. The number of nitrogens with zero attached hydrogens (tertiary/aromatic N) is 3. The van der Waals surface area contributed by atoms with Crippen molar-refractivity contribution >= 4 is 43.5 Å². The first-order valence-electron chi connectivity index (χ1n) is 15.0. The number of hydrogen-bond acceptors (Lipinski definition) is 4. The highest BCUT2D eigenvalue weighted by molar-refractivity contribution is 6.06. The van der Waals surface area contributed by atoms with Crippen LogP contribution < -0.4 is 0 Å². The van der Waals surface area contributed by atoms with E-state index in [2.05, 4.69) is 97.1 Å². The third-order valence-corrected chi connectivity index (χ3v) is 8.50. The molecule has 2 heterocycles. The van der Waals surface area contributed by atoms with Gasteiger partial charge in [0, 0.05) is 27.5 Å². The monoisotopic (exact) mass is 575 g/mol. The van der Waals surface area contributed by atoms with Gasteiger partial charge in [0.25, 0.3) is 0 Å². The predicted molar refractivity (Wildman–Crippen MR) is 184 cm³/mol. The van der Waals surface area contributed by atoms with E-state index in [-0.39, 0.29) is 0 Å². The minimum atomic E-state index is 0.603. The number of fused-ring (bicyclic) bond motifs is 5. The van der Waals surface area contributed by atoms with Crippen molar-refractivity contribution in [3.8, 4) is 45.3 Å². The van der Waals surface area contributed by atoms with E-state index in [4.69, 9.17) is 19.4 Å². The summed E-state index contributed by atoms with van der Waals surface area (Å²) in [5, 5.41) is 6.96. The maximum absolute atomic E-state index is 6.19. The Morgan fingerprint density at radius 2 is 0.933 bits per heavy atom. The van der Waals surface area contributed by atoms with Gasteiger partial charge in [-0.1, -0.05) is 121 Å². The summed E-state index contributed by atoms with van der Waals surface area (Å²) in [6, 6.07) is 52.4. The summed E-state index contributed by atoms with van der Waals surface area (Å²) in [4.78, 5) is 14.9. The van der Waals surface area contributed by atoms with Crippen LogP contribution in [0.2, 0.25) is 0 Å². The fourth-order valence-corrected chi connectivity index (χ4v) is 6.25. The lowest BCUT2D eigenvalue weighted by Crippen LogP contribution is -2.00. The maximum Gasteiger partial charge on any atom is 0.164 e. The maximum atomic E-state index is 6.19. The SMILES string of the molecule is c1ccc(-c2nc(-c3ccc4c(-c5ccc6ccccc6c5)cccc4c3)nc(-c3ccc4c(c3)oc3ccccc34)n2)cc1. The zero-order chi connectivity index (χ0) is 29.7. The second-order valence-corrected chi connectivity index (χ2v) is 11.3.